The zero-order valence-electron chi connectivity index (χ0n) is 9.35. The maximum absolute atomic E-state index is 6.01. The Hall–Kier alpha value is -0.0400. The fraction of sp³-hybridized carbons (Fsp3) is 1.00. The lowest BCUT2D eigenvalue weighted by atomic mass is 9.86. The topological polar surface area (TPSA) is 26.0 Å². The highest BCUT2D eigenvalue weighted by atomic mass is 14.6. The predicted molar refractivity (Wildman–Crippen MR) is 56.1 cm³/mol. The minimum Gasteiger partial charge on any atom is -0.328 e. The SMILES string of the molecule is CC(C)CCC(N)CC(C)(C)C. The summed E-state index contributed by atoms with van der Waals surface area (Å²) in [4.78, 5) is 0. The maximum atomic E-state index is 6.01. The second-order valence-corrected chi connectivity index (χ2v) is 5.50. The van der Waals surface area contributed by atoms with Crippen LogP contribution in [0.2, 0.25) is 0 Å². The van der Waals surface area contributed by atoms with Gasteiger partial charge in [-0.05, 0) is 30.6 Å². The highest BCUT2D eigenvalue weighted by Crippen LogP contribution is 2.22. The van der Waals surface area contributed by atoms with E-state index in [1.807, 2.05) is 0 Å². The summed E-state index contributed by atoms with van der Waals surface area (Å²) < 4.78 is 0. The van der Waals surface area contributed by atoms with Crippen molar-refractivity contribution in [1.82, 2.24) is 0 Å². The molecule has 0 aliphatic heterocycles. The van der Waals surface area contributed by atoms with Crippen molar-refractivity contribution in [2.75, 3.05) is 0 Å². The summed E-state index contributed by atoms with van der Waals surface area (Å²) in [5, 5.41) is 0. The first-order chi connectivity index (χ1) is 5.31. The van der Waals surface area contributed by atoms with Crippen LogP contribution in [0.4, 0.5) is 0 Å². The molecular formula is C11H25N. The zero-order chi connectivity index (χ0) is 9.78. The molecule has 0 radical (unpaired) electrons. The van der Waals surface area contributed by atoms with Crippen LogP contribution in [0.15, 0.2) is 0 Å². The Kier molecular flexibility index (Phi) is 4.84. The summed E-state index contributed by atoms with van der Waals surface area (Å²) >= 11 is 0. The zero-order valence-corrected chi connectivity index (χ0v) is 9.35. The van der Waals surface area contributed by atoms with Crippen LogP contribution in [-0.4, -0.2) is 6.04 Å². The smallest absolute Gasteiger partial charge is 0.00439 e. The minimum atomic E-state index is 0.385. The molecule has 2 N–H and O–H groups in total. The fourth-order valence-electron chi connectivity index (χ4n) is 1.44. The molecule has 0 aromatic heterocycles. The lowest BCUT2D eigenvalue weighted by molar-refractivity contribution is 0.321. The highest BCUT2D eigenvalue weighted by molar-refractivity contribution is 4.71. The first-order valence-electron chi connectivity index (χ1n) is 5.07. The molecule has 0 saturated heterocycles. The van der Waals surface area contributed by atoms with Gasteiger partial charge in [-0.2, -0.15) is 0 Å². The molecule has 1 heteroatoms. The molecule has 0 spiro atoms. The maximum Gasteiger partial charge on any atom is 0.00439 e. The van der Waals surface area contributed by atoms with E-state index in [-0.39, 0.29) is 0 Å². The van der Waals surface area contributed by atoms with E-state index in [9.17, 15) is 0 Å². The second-order valence-electron chi connectivity index (χ2n) is 5.50. The van der Waals surface area contributed by atoms with E-state index in [4.69, 9.17) is 5.73 Å². The van der Waals surface area contributed by atoms with Gasteiger partial charge in [0, 0.05) is 6.04 Å². The molecule has 0 bridgehead atoms. The van der Waals surface area contributed by atoms with E-state index in [1.54, 1.807) is 0 Å². The molecule has 0 heterocycles. The standard InChI is InChI=1S/C11H25N/c1-9(2)6-7-10(12)8-11(3,4)5/h9-10H,6-8,12H2,1-5H3. The van der Waals surface area contributed by atoms with Crippen molar-refractivity contribution in [2.24, 2.45) is 17.1 Å². The van der Waals surface area contributed by atoms with Gasteiger partial charge in [0.05, 0.1) is 0 Å². The molecule has 12 heavy (non-hydrogen) atoms. The van der Waals surface area contributed by atoms with E-state index >= 15 is 0 Å². The number of hydrogen-bond donors (Lipinski definition) is 1. The Morgan fingerprint density at radius 3 is 1.92 bits per heavy atom. The van der Waals surface area contributed by atoms with E-state index in [0.717, 1.165) is 12.3 Å². The van der Waals surface area contributed by atoms with Crippen molar-refractivity contribution >= 4 is 0 Å². The van der Waals surface area contributed by atoms with E-state index in [0.29, 0.717) is 11.5 Å². The minimum absolute atomic E-state index is 0.385. The molecule has 0 aromatic rings. The normalized spacial score (nSPS) is 15.2. The van der Waals surface area contributed by atoms with Gasteiger partial charge in [-0.3, -0.25) is 0 Å². The van der Waals surface area contributed by atoms with Crippen LogP contribution < -0.4 is 5.73 Å². The first kappa shape index (κ1) is 12.0. The van der Waals surface area contributed by atoms with Crippen molar-refractivity contribution in [3.05, 3.63) is 0 Å². The van der Waals surface area contributed by atoms with Gasteiger partial charge in [-0.15, -0.1) is 0 Å². The Morgan fingerprint density at radius 2 is 1.58 bits per heavy atom. The van der Waals surface area contributed by atoms with Gasteiger partial charge in [-0.1, -0.05) is 34.6 Å². The van der Waals surface area contributed by atoms with E-state index < -0.39 is 0 Å². The van der Waals surface area contributed by atoms with Gasteiger partial charge < -0.3 is 5.73 Å². The van der Waals surface area contributed by atoms with Crippen LogP contribution in [0, 0.1) is 11.3 Å². The number of nitrogens with two attached hydrogens (primary N) is 1. The molecule has 0 fully saturated rings. The molecule has 0 aliphatic rings. The van der Waals surface area contributed by atoms with Crippen LogP contribution in [0.5, 0.6) is 0 Å². The van der Waals surface area contributed by atoms with Gasteiger partial charge in [0.2, 0.25) is 0 Å². The lowest BCUT2D eigenvalue weighted by Gasteiger charge is -2.23. The Bertz CT molecular complexity index is 111. The highest BCUT2D eigenvalue weighted by Gasteiger charge is 2.15. The third-order valence-corrected chi connectivity index (χ3v) is 1.99. The lowest BCUT2D eigenvalue weighted by Crippen LogP contribution is -2.26. The second kappa shape index (κ2) is 4.86. The van der Waals surface area contributed by atoms with E-state index in [2.05, 4.69) is 34.6 Å². The molecule has 0 rings (SSSR count). The summed E-state index contributed by atoms with van der Waals surface area (Å²) in [5.74, 6) is 0.788. The van der Waals surface area contributed by atoms with Crippen molar-refractivity contribution < 1.29 is 0 Å². The van der Waals surface area contributed by atoms with E-state index in [1.165, 1.54) is 12.8 Å². The molecule has 74 valence electrons. The fourth-order valence-corrected chi connectivity index (χ4v) is 1.44. The molecule has 1 atom stereocenters. The average Bonchev–Trinajstić information content (AvgIpc) is 1.79. The van der Waals surface area contributed by atoms with Crippen LogP contribution in [-0.2, 0) is 0 Å². The quantitative estimate of drug-likeness (QED) is 0.690. The summed E-state index contributed by atoms with van der Waals surface area (Å²) in [6, 6.07) is 0.396. The summed E-state index contributed by atoms with van der Waals surface area (Å²) in [7, 11) is 0. The molecule has 1 unspecified atom stereocenters. The molecule has 1 nitrogen and oxygen atoms in total. The molecule has 0 aromatic carbocycles. The first-order valence-corrected chi connectivity index (χ1v) is 5.07. The summed E-state index contributed by atoms with van der Waals surface area (Å²) in [5.41, 5.74) is 6.39. The van der Waals surface area contributed by atoms with Crippen molar-refractivity contribution in [3.8, 4) is 0 Å². The third kappa shape index (κ3) is 8.06. The molecule has 0 aliphatic carbocycles. The Morgan fingerprint density at radius 1 is 1.08 bits per heavy atom. The summed E-state index contributed by atoms with van der Waals surface area (Å²) in [6.07, 6.45) is 3.58. The third-order valence-electron chi connectivity index (χ3n) is 1.99. The Labute approximate surface area is 77.7 Å². The van der Waals surface area contributed by atoms with Crippen molar-refractivity contribution in [3.63, 3.8) is 0 Å². The molecule has 0 amide bonds. The average molecular weight is 171 g/mol. The van der Waals surface area contributed by atoms with Gasteiger partial charge in [0.15, 0.2) is 0 Å². The van der Waals surface area contributed by atoms with Gasteiger partial charge >= 0.3 is 0 Å². The van der Waals surface area contributed by atoms with Gasteiger partial charge in [0.25, 0.3) is 0 Å². The van der Waals surface area contributed by atoms with Crippen LogP contribution in [0.25, 0.3) is 0 Å². The van der Waals surface area contributed by atoms with Gasteiger partial charge in [-0.25, -0.2) is 0 Å². The van der Waals surface area contributed by atoms with Crippen molar-refractivity contribution in [1.29, 1.82) is 0 Å². The largest absolute Gasteiger partial charge is 0.328 e. The van der Waals surface area contributed by atoms with Gasteiger partial charge in [0.1, 0.15) is 0 Å². The Balaban J connectivity index is 3.53. The van der Waals surface area contributed by atoms with Crippen molar-refractivity contribution in [2.45, 2.75) is 59.9 Å². The number of rotatable bonds is 4. The monoisotopic (exact) mass is 171 g/mol. The van der Waals surface area contributed by atoms with Crippen LogP contribution >= 0.6 is 0 Å². The van der Waals surface area contributed by atoms with Crippen LogP contribution in [0.3, 0.4) is 0 Å². The predicted octanol–water partition coefficient (Wildman–Crippen LogP) is 3.19. The molecule has 0 saturated carbocycles. The van der Waals surface area contributed by atoms with Crippen LogP contribution in [0.1, 0.15) is 53.9 Å². The summed E-state index contributed by atoms with van der Waals surface area (Å²) in [6.45, 7) is 11.3. The molecular weight excluding hydrogens is 146 g/mol. The number of hydrogen-bond acceptors (Lipinski definition) is 1.